The van der Waals surface area contributed by atoms with Gasteiger partial charge in [0.1, 0.15) is 5.82 Å². The van der Waals surface area contributed by atoms with Gasteiger partial charge in [-0.25, -0.2) is 4.98 Å². The third-order valence-electron chi connectivity index (χ3n) is 3.01. The molecule has 2 N–H and O–H groups in total. The Morgan fingerprint density at radius 2 is 2.18 bits per heavy atom. The number of aromatic nitrogens is 3. The molecule has 88 valence electrons. The third-order valence-corrected chi connectivity index (χ3v) is 3.34. The van der Waals surface area contributed by atoms with Crippen molar-refractivity contribution in [1.29, 1.82) is 0 Å². The van der Waals surface area contributed by atoms with E-state index >= 15 is 0 Å². The molecule has 4 nitrogen and oxygen atoms in total. The highest BCUT2D eigenvalue weighted by Crippen LogP contribution is 2.26. The van der Waals surface area contributed by atoms with E-state index in [0.717, 1.165) is 24.4 Å². The minimum absolute atomic E-state index is 0.304. The standard InChI is InChI=1S/C12H13ClN4/c13-9-5-2-1-4-8(9)11-15-12(17-16-11)10-6-3-7-14-10/h1-2,4-5,10,14H,3,6-7H2,(H,15,16,17). The first kappa shape index (κ1) is 10.7. The molecule has 1 saturated heterocycles. The van der Waals surface area contributed by atoms with Crippen LogP contribution < -0.4 is 5.32 Å². The van der Waals surface area contributed by atoms with Crippen molar-refractivity contribution in [3.63, 3.8) is 0 Å². The SMILES string of the molecule is Clc1ccccc1-c1n[nH]c(C2CCCN2)n1. The molecule has 0 saturated carbocycles. The van der Waals surface area contributed by atoms with E-state index in [1.165, 1.54) is 6.42 Å². The predicted molar refractivity (Wildman–Crippen MR) is 66.8 cm³/mol. The predicted octanol–water partition coefficient (Wildman–Crippen LogP) is 2.55. The largest absolute Gasteiger partial charge is 0.307 e. The van der Waals surface area contributed by atoms with E-state index in [2.05, 4.69) is 20.5 Å². The maximum Gasteiger partial charge on any atom is 0.182 e. The summed E-state index contributed by atoms with van der Waals surface area (Å²) in [7, 11) is 0. The van der Waals surface area contributed by atoms with Crippen molar-refractivity contribution >= 4 is 11.6 Å². The summed E-state index contributed by atoms with van der Waals surface area (Å²) in [4.78, 5) is 4.51. The lowest BCUT2D eigenvalue weighted by Gasteiger charge is -2.03. The molecule has 3 rings (SSSR count). The molecule has 5 heteroatoms. The quantitative estimate of drug-likeness (QED) is 0.859. The summed E-state index contributed by atoms with van der Waals surface area (Å²) < 4.78 is 0. The molecule has 0 radical (unpaired) electrons. The summed E-state index contributed by atoms with van der Waals surface area (Å²) in [6, 6.07) is 7.92. The molecule has 0 bridgehead atoms. The Kier molecular flexibility index (Phi) is 2.82. The topological polar surface area (TPSA) is 53.6 Å². The smallest absolute Gasteiger partial charge is 0.182 e. The van der Waals surface area contributed by atoms with Crippen LogP contribution >= 0.6 is 11.6 Å². The van der Waals surface area contributed by atoms with Crippen LogP contribution in [0.5, 0.6) is 0 Å². The molecule has 17 heavy (non-hydrogen) atoms. The van der Waals surface area contributed by atoms with Crippen LogP contribution in [0.4, 0.5) is 0 Å². The van der Waals surface area contributed by atoms with Gasteiger partial charge in [-0.15, -0.1) is 0 Å². The zero-order valence-corrected chi connectivity index (χ0v) is 10.0. The summed E-state index contributed by atoms with van der Waals surface area (Å²) in [5, 5.41) is 11.3. The fraction of sp³-hybridized carbons (Fsp3) is 0.333. The molecule has 0 spiro atoms. The van der Waals surface area contributed by atoms with Crippen LogP contribution in [0.15, 0.2) is 24.3 Å². The minimum atomic E-state index is 0.304. The average molecular weight is 249 g/mol. The van der Waals surface area contributed by atoms with Crippen molar-refractivity contribution in [2.45, 2.75) is 18.9 Å². The molecule has 1 unspecified atom stereocenters. The van der Waals surface area contributed by atoms with Gasteiger partial charge in [0.05, 0.1) is 11.1 Å². The van der Waals surface area contributed by atoms with Crippen LogP contribution in [0.25, 0.3) is 11.4 Å². The second-order valence-corrected chi connectivity index (χ2v) is 4.58. The van der Waals surface area contributed by atoms with E-state index in [1.807, 2.05) is 24.3 Å². The van der Waals surface area contributed by atoms with E-state index in [9.17, 15) is 0 Å². The lowest BCUT2D eigenvalue weighted by molar-refractivity contribution is 0.608. The summed E-state index contributed by atoms with van der Waals surface area (Å²) in [5.74, 6) is 1.57. The van der Waals surface area contributed by atoms with Gasteiger partial charge in [0.15, 0.2) is 5.82 Å². The number of hydrogen-bond donors (Lipinski definition) is 2. The van der Waals surface area contributed by atoms with Gasteiger partial charge in [-0.1, -0.05) is 23.7 Å². The van der Waals surface area contributed by atoms with Crippen molar-refractivity contribution in [3.8, 4) is 11.4 Å². The fourth-order valence-electron chi connectivity index (χ4n) is 2.11. The van der Waals surface area contributed by atoms with Crippen LogP contribution in [0, 0.1) is 0 Å². The highest BCUT2D eigenvalue weighted by molar-refractivity contribution is 6.33. The lowest BCUT2D eigenvalue weighted by Crippen LogP contribution is -2.14. The summed E-state index contributed by atoms with van der Waals surface area (Å²) in [6.07, 6.45) is 2.30. The maximum absolute atomic E-state index is 6.12. The van der Waals surface area contributed by atoms with Gasteiger partial charge in [-0.2, -0.15) is 5.10 Å². The highest BCUT2D eigenvalue weighted by atomic mass is 35.5. The molecular formula is C12H13ClN4. The highest BCUT2D eigenvalue weighted by Gasteiger charge is 2.20. The average Bonchev–Trinajstić information content (AvgIpc) is 3.00. The summed E-state index contributed by atoms with van der Waals surface area (Å²) in [5.41, 5.74) is 0.870. The van der Waals surface area contributed by atoms with Gasteiger partial charge < -0.3 is 5.32 Å². The number of benzene rings is 1. The van der Waals surface area contributed by atoms with E-state index in [1.54, 1.807) is 0 Å². The van der Waals surface area contributed by atoms with Crippen molar-refractivity contribution in [2.24, 2.45) is 0 Å². The van der Waals surface area contributed by atoms with E-state index < -0.39 is 0 Å². The first-order chi connectivity index (χ1) is 8.34. The lowest BCUT2D eigenvalue weighted by atomic mass is 10.2. The van der Waals surface area contributed by atoms with Crippen LogP contribution in [0.1, 0.15) is 24.7 Å². The van der Waals surface area contributed by atoms with Gasteiger partial charge in [0.25, 0.3) is 0 Å². The minimum Gasteiger partial charge on any atom is -0.307 e. The molecule has 1 atom stereocenters. The Morgan fingerprint density at radius 1 is 1.29 bits per heavy atom. The molecule has 1 aliphatic rings. The van der Waals surface area contributed by atoms with Gasteiger partial charge in [-0.05, 0) is 31.5 Å². The monoisotopic (exact) mass is 248 g/mol. The second-order valence-electron chi connectivity index (χ2n) is 4.17. The van der Waals surface area contributed by atoms with E-state index in [-0.39, 0.29) is 0 Å². The number of rotatable bonds is 2. The summed E-state index contributed by atoms with van der Waals surface area (Å²) >= 11 is 6.12. The molecule has 0 amide bonds. The molecule has 1 aliphatic heterocycles. The maximum atomic E-state index is 6.12. The molecular weight excluding hydrogens is 236 g/mol. The van der Waals surface area contributed by atoms with Crippen LogP contribution in [0.2, 0.25) is 5.02 Å². The Balaban J connectivity index is 1.92. The van der Waals surface area contributed by atoms with Crippen molar-refractivity contribution < 1.29 is 0 Å². The Hall–Kier alpha value is -1.39. The molecule has 2 aromatic rings. The normalized spacial score (nSPS) is 19.7. The van der Waals surface area contributed by atoms with Gasteiger partial charge >= 0.3 is 0 Å². The van der Waals surface area contributed by atoms with E-state index in [4.69, 9.17) is 11.6 Å². The fourth-order valence-corrected chi connectivity index (χ4v) is 2.33. The zero-order chi connectivity index (χ0) is 11.7. The third kappa shape index (κ3) is 2.06. The molecule has 1 aromatic carbocycles. The van der Waals surface area contributed by atoms with Gasteiger partial charge in [0, 0.05) is 5.56 Å². The molecule has 2 heterocycles. The molecule has 1 fully saturated rings. The first-order valence-corrected chi connectivity index (χ1v) is 6.13. The Labute approximate surface area is 104 Å². The second kappa shape index (κ2) is 4.47. The van der Waals surface area contributed by atoms with Crippen molar-refractivity contribution in [3.05, 3.63) is 35.1 Å². The zero-order valence-electron chi connectivity index (χ0n) is 9.28. The van der Waals surface area contributed by atoms with Gasteiger partial charge in [-0.3, -0.25) is 5.10 Å². The van der Waals surface area contributed by atoms with Crippen LogP contribution in [-0.4, -0.2) is 21.7 Å². The Bertz CT molecular complexity index is 517. The van der Waals surface area contributed by atoms with Crippen LogP contribution in [0.3, 0.4) is 0 Å². The molecule has 0 aliphatic carbocycles. The number of aromatic amines is 1. The number of halogens is 1. The van der Waals surface area contributed by atoms with Crippen LogP contribution in [-0.2, 0) is 0 Å². The first-order valence-electron chi connectivity index (χ1n) is 5.75. The number of H-pyrrole nitrogens is 1. The van der Waals surface area contributed by atoms with E-state index in [0.29, 0.717) is 16.9 Å². The Morgan fingerprint density at radius 3 is 2.94 bits per heavy atom. The summed E-state index contributed by atoms with van der Waals surface area (Å²) in [6.45, 7) is 1.05. The number of nitrogens with one attached hydrogen (secondary N) is 2. The number of hydrogen-bond acceptors (Lipinski definition) is 3. The number of nitrogens with zero attached hydrogens (tertiary/aromatic N) is 2. The van der Waals surface area contributed by atoms with Gasteiger partial charge in [0.2, 0.25) is 0 Å². The molecule has 1 aromatic heterocycles. The van der Waals surface area contributed by atoms with Crippen molar-refractivity contribution in [1.82, 2.24) is 20.5 Å². The van der Waals surface area contributed by atoms with Crippen molar-refractivity contribution in [2.75, 3.05) is 6.54 Å².